The van der Waals surface area contributed by atoms with E-state index < -0.39 is 5.97 Å². The number of aromatic nitrogens is 1. The maximum Gasteiger partial charge on any atom is 0.341 e. The maximum atomic E-state index is 11.9. The van der Waals surface area contributed by atoms with Crippen LogP contribution in [0.3, 0.4) is 0 Å². The molecule has 6 nitrogen and oxygen atoms in total. The number of nitrogens with two attached hydrogens (primary N) is 1. The Morgan fingerprint density at radius 3 is 2.70 bits per heavy atom. The van der Waals surface area contributed by atoms with Gasteiger partial charge in [-0.05, 0) is 40.9 Å². The van der Waals surface area contributed by atoms with E-state index in [-0.39, 0.29) is 5.54 Å². The lowest BCUT2D eigenvalue weighted by molar-refractivity contribution is 0.0527. The first kappa shape index (κ1) is 16.2. The van der Waals surface area contributed by atoms with Crippen molar-refractivity contribution in [2.45, 2.75) is 26.3 Å². The van der Waals surface area contributed by atoms with Gasteiger partial charge in [0.1, 0.15) is 11.4 Å². The van der Waals surface area contributed by atoms with Gasteiger partial charge in [0, 0.05) is 12.1 Å². The molecule has 0 aliphatic heterocycles. The Kier molecular flexibility index (Phi) is 5.33. The van der Waals surface area contributed by atoms with E-state index in [1.165, 1.54) is 6.20 Å². The lowest BCUT2D eigenvalue weighted by Crippen LogP contribution is -2.44. The van der Waals surface area contributed by atoms with Crippen molar-refractivity contribution >= 4 is 17.5 Å². The molecule has 1 heterocycles. The molecule has 0 fully saturated rings. The number of pyridine rings is 1. The predicted octanol–water partition coefficient (Wildman–Crippen LogP) is 1.59. The Morgan fingerprint density at radius 1 is 1.50 bits per heavy atom. The average Bonchev–Trinajstić information content (AvgIpc) is 2.37. The van der Waals surface area contributed by atoms with Crippen molar-refractivity contribution in [2.24, 2.45) is 0 Å². The van der Waals surface area contributed by atoms with Gasteiger partial charge in [-0.15, -0.1) is 0 Å². The standard InChI is InChI=1S/C14H24N4O2/c1-6-20-13(19)11-7-10(15)8-16-12(11)17-9-14(2,3)18(4)5/h7-8H,6,9,15H2,1-5H3,(H,16,17). The molecule has 0 aromatic carbocycles. The third-order valence-corrected chi connectivity index (χ3v) is 3.30. The first-order chi connectivity index (χ1) is 9.27. The van der Waals surface area contributed by atoms with Gasteiger partial charge in [-0.3, -0.25) is 0 Å². The van der Waals surface area contributed by atoms with Crippen molar-refractivity contribution in [2.75, 3.05) is 38.3 Å². The zero-order valence-corrected chi connectivity index (χ0v) is 12.9. The van der Waals surface area contributed by atoms with Crippen LogP contribution >= 0.6 is 0 Å². The Balaban J connectivity index is 2.92. The first-order valence-electron chi connectivity index (χ1n) is 6.62. The van der Waals surface area contributed by atoms with Crippen molar-refractivity contribution < 1.29 is 9.53 Å². The number of nitrogens with zero attached hydrogens (tertiary/aromatic N) is 2. The SMILES string of the molecule is CCOC(=O)c1cc(N)cnc1NCC(C)(C)N(C)C. The van der Waals surface area contributed by atoms with Crippen LogP contribution in [-0.4, -0.2) is 48.6 Å². The molecule has 0 aliphatic carbocycles. The summed E-state index contributed by atoms with van der Waals surface area (Å²) in [6.45, 7) is 6.92. The molecule has 112 valence electrons. The summed E-state index contributed by atoms with van der Waals surface area (Å²) < 4.78 is 5.02. The normalized spacial score (nSPS) is 11.5. The zero-order valence-electron chi connectivity index (χ0n) is 12.9. The van der Waals surface area contributed by atoms with E-state index in [0.29, 0.717) is 30.2 Å². The van der Waals surface area contributed by atoms with E-state index in [2.05, 4.69) is 29.0 Å². The van der Waals surface area contributed by atoms with Gasteiger partial charge in [0.2, 0.25) is 0 Å². The van der Waals surface area contributed by atoms with E-state index in [1.807, 2.05) is 14.1 Å². The van der Waals surface area contributed by atoms with Gasteiger partial charge in [-0.2, -0.15) is 0 Å². The number of carbonyl (C=O) groups is 1. The van der Waals surface area contributed by atoms with Crippen LogP contribution in [0.2, 0.25) is 0 Å². The average molecular weight is 280 g/mol. The van der Waals surface area contributed by atoms with Crippen LogP contribution in [0.25, 0.3) is 0 Å². The number of nitrogen functional groups attached to an aromatic ring is 1. The molecule has 20 heavy (non-hydrogen) atoms. The van der Waals surface area contributed by atoms with Crippen LogP contribution in [0.5, 0.6) is 0 Å². The van der Waals surface area contributed by atoms with Gasteiger partial charge < -0.3 is 20.7 Å². The van der Waals surface area contributed by atoms with Gasteiger partial charge >= 0.3 is 5.97 Å². The van der Waals surface area contributed by atoms with Crippen molar-refractivity contribution in [3.8, 4) is 0 Å². The summed E-state index contributed by atoms with van der Waals surface area (Å²) in [4.78, 5) is 18.2. The molecule has 0 bridgehead atoms. The Bertz CT molecular complexity index is 472. The number of nitrogens with one attached hydrogen (secondary N) is 1. The first-order valence-corrected chi connectivity index (χ1v) is 6.62. The minimum absolute atomic E-state index is 0.0744. The number of esters is 1. The smallest absolute Gasteiger partial charge is 0.341 e. The fourth-order valence-electron chi connectivity index (χ4n) is 1.44. The molecule has 0 spiro atoms. The highest BCUT2D eigenvalue weighted by molar-refractivity contribution is 5.95. The third-order valence-electron chi connectivity index (χ3n) is 3.30. The molecule has 1 aromatic rings. The van der Waals surface area contributed by atoms with Crippen molar-refractivity contribution in [3.05, 3.63) is 17.8 Å². The minimum Gasteiger partial charge on any atom is -0.462 e. The summed E-state index contributed by atoms with van der Waals surface area (Å²) in [5.74, 6) is 0.0741. The summed E-state index contributed by atoms with van der Waals surface area (Å²) in [7, 11) is 4.01. The molecule has 1 aromatic heterocycles. The summed E-state index contributed by atoms with van der Waals surface area (Å²) >= 11 is 0. The number of hydrogen-bond acceptors (Lipinski definition) is 6. The summed E-state index contributed by atoms with van der Waals surface area (Å²) in [6.07, 6.45) is 1.52. The lowest BCUT2D eigenvalue weighted by atomic mass is 10.0. The Hall–Kier alpha value is -1.82. The second-order valence-corrected chi connectivity index (χ2v) is 5.45. The third kappa shape index (κ3) is 4.09. The van der Waals surface area contributed by atoms with Gasteiger partial charge in [0.15, 0.2) is 0 Å². The van der Waals surface area contributed by atoms with Gasteiger partial charge in [-0.25, -0.2) is 9.78 Å². The second kappa shape index (κ2) is 6.56. The van der Waals surface area contributed by atoms with Crippen LogP contribution in [0, 0.1) is 0 Å². The highest BCUT2D eigenvalue weighted by Crippen LogP contribution is 2.19. The maximum absolute atomic E-state index is 11.9. The van der Waals surface area contributed by atoms with E-state index in [9.17, 15) is 4.79 Å². The monoisotopic (exact) mass is 280 g/mol. The molecule has 0 amide bonds. The lowest BCUT2D eigenvalue weighted by Gasteiger charge is -2.33. The Labute approximate surface area is 120 Å². The molecular formula is C14H24N4O2. The quantitative estimate of drug-likeness (QED) is 0.770. The second-order valence-electron chi connectivity index (χ2n) is 5.45. The van der Waals surface area contributed by atoms with Crippen molar-refractivity contribution in [3.63, 3.8) is 0 Å². The number of carbonyl (C=O) groups excluding carboxylic acids is 1. The summed E-state index contributed by atoms with van der Waals surface area (Å²) in [5.41, 5.74) is 6.41. The molecule has 0 saturated carbocycles. The number of likely N-dealkylation sites (N-methyl/N-ethyl adjacent to an activating group) is 1. The van der Waals surface area contributed by atoms with Gasteiger partial charge in [-0.1, -0.05) is 0 Å². The topological polar surface area (TPSA) is 80.5 Å². The highest BCUT2D eigenvalue weighted by atomic mass is 16.5. The number of rotatable bonds is 6. The van der Waals surface area contributed by atoms with Crippen LogP contribution in [0.1, 0.15) is 31.1 Å². The molecule has 0 atom stereocenters. The van der Waals surface area contributed by atoms with E-state index in [4.69, 9.17) is 10.5 Å². The molecule has 0 saturated heterocycles. The molecule has 1 rings (SSSR count). The largest absolute Gasteiger partial charge is 0.462 e. The van der Waals surface area contributed by atoms with Gasteiger partial charge in [0.25, 0.3) is 0 Å². The molecular weight excluding hydrogens is 256 g/mol. The fourth-order valence-corrected chi connectivity index (χ4v) is 1.44. The van der Waals surface area contributed by atoms with E-state index in [0.717, 1.165) is 0 Å². The number of ether oxygens (including phenoxy) is 1. The van der Waals surface area contributed by atoms with Crippen molar-refractivity contribution in [1.29, 1.82) is 0 Å². The molecule has 6 heteroatoms. The molecule has 0 unspecified atom stereocenters. The molecule has 0 aliphatic rings. The van der Waals surface area contributed by atoms with Crippen molar-refractivity contribution in [1.82, 2.24) is 9.88 Å². The van der Waals surface area contributed by atoms with Crippen LogP contribution in [-0.2, 0) is 4.74 Å². The minimum atomic E-state index is -0.419. The predicted molar refractivity (Wildman–Crippen MR) is 80.9 cm³/mol. The number of hydrogen-bond donors (Lipinski definition) is 2. The summed E-state index contributed by atoms with van der Waals surface area (Å²) in [6, 6.07) is 1.58. The summed E-state index contributed by atoms with van der Waals surface area (Å²) in [5, 5.41) is 3.19. The van der Waals surface area contributed by atoms with Gasteiger partial charge in [0.05, 0.1) is 18.5 Å². The van der Waals surface area contributed by atoms with Crippen LogP contribution in [0.15, 0.2) is 12.3 Å². The van der Waals surface area contributed by atoms with E-state index in [1.54, 1.807) is 13.0 Å². The van der Waals surface area contributed by atoms with Crippen LogP contribution in [0.4, 0.5) is 11.5 Å². The molecule has 3 N–H and O–H groups in total. The fraction of sp³-hybridized carbons (Fsp3) is 0.571. The zero-order chi connectivity index (χ0) is 15.3. The van der Waals surface area contributed by atoms with Crippen LogP contribution < -0.4 is 11.1 Å². The Morgan fingerprint density at radius 2 is 2.15 bits per heavy atom. The van der Waals surface area contributed by atoms with E-state index >= 15 is 0 Å². The molecule has 0 radical (unpaired) electrons. The number of anilines is 2. The highest BCUT2D eigenvalue weighted by Gasteiger charge is 2.22.